The lowest BCUT2D eigenvalue weighted by Gasteiger charge is -2.47. The standard InChI is InChI=1S/C23H40N2O2/c1-9-19(5)25-20-13-22(6,7)15-23(8,14-20)16-24-21(26)27-12-10-11-18(4)17(2)3/h20,25H,2,4-5,9-16H2,1,3,6-8H3,(H,24,26). The molecule has 1 saturated carbocycles. The highest BCUT2D eigenvalue weighted by Crippen LogP contribution is 2.46. The van der Waals surface area contributed by atoms with Crippen LogP contribution < -0.4 is 10.6 Å². The van der Waals surface area contributed by atoms with Crippen LogP contribution in [0.4, 0.5) is 4.79 Å². The van der Waals surface area contributed by atoms with Gasteiger partial charge in [-0.25, -0.2) is 4.79 Å². The molecule has 1 aliphatic carbocycles. The molecule has 1 amide bonds. The molecule has 4 nitrogen and oxygen atoms in total. The molecule has 1 fully saturated rings. The summed E-state index contributed by atoms with van der Waals surface area (Å²) in [6.45, 7) is 23.9. The zero-order valence-electron chi connectivity index (χ0n) is 18.2. The summed E-state index contributed by atoms with van der Waals surface area (Å²) >= 11 is 0. The van der Waals surface area contributed by atoms with Crippen LogP contribution in [0.15, 0.2) is 36.6 Å². The number of amides is 1. The molecular weight excluding hydrogens is 336 g/mol. The minimum absolute atomic E-state index is 0.0424. The fourth-order valence-electron chi connectivity index (χ4n) is 4.26. The van der Waals surface area contributed by atoms with Gasteiger partial charge >= 0.3 is 6.09 Å². The van der Waals surface area contributed by atoms with Gasteiger partial charge in [0.25, 0.3) is 0 Å². The van der Waals surface area contributed by atoms with Crippen molar-refractivity contribution in [2.75, 3.05) is 13.2 Å². The van der Waals surface area contributed by atoms with E-state index in [1.807, 2.05) is 6.92 Å². The van der Waals surface area contributed by atoms with Gasteiger partial charge in [-0.05, 0) is 56.3 Å². The number of ether oxygens (including phenoxy) is 1. The van der Waals surface area contributed by atoms with Crippen molar-refractivity contribution >= 4 is 6.09 Å². The van der Waals surface area contributed by atoms with Crippen molar-refractivity contribution < 1.29 is 9.53 Å². The number of rotatable bonds is 10. The third kappa shape index (κ3) is 8.68. The number of nitrogens with one attached hydrogen (secondary N) is 2. The van der Waals surface area contributed by atoms with Gasteiger partial charge in [0.15, 0.2) is 0 Å². The SMILES string of the molecule is C=C(CC)NC1CC(C)(C)CC(C)(CNC(=O)OCCCC(=C)C(=C)C)C1. The Labute approximate surface area is 166 Å². The van der Waals surface area contributed by atoms with Gasteiger partial charge in [0.05, 0.1) is 6.61 Å². The smallest absolute Gasteiger partial charge is 0.407 e. The van der Waals surface area contributed by atoms with Gasteiger partial charge in [0.2, 0.25) is 0 Å². The average Bonchev–Trinajstić information content (AvgIpc) is 2.54. The van der Waals surface area contributed by atoms with Crippen LogP contribution in [0.25, 0.3) is 0 Å². The minimum Gasteiger partial charge on any atom is -0.450 e. The first-order valence-electron chi connectivity index (χ1n) is 10.1. The van der Waals surface area contributed by atoms with Crippen molar-refractivity contribution in [2.45, 2.75) is 79.2 Å². The summed E-state index contributed by atoms with van der Waals surface area (Å²) in [5.74, 6) is 0. The summed E-state index contributed by atoms with van der Waals surface area (Å²) in [6, 6.07) is 0.400. The first kappa shape index (κ1) is 23.3. The van der Waals surface area contributed by atoms with Crippen molar-refractivity contribution in [3.05, 3.63) is 36.6 Å². The number of hydrogen-bond acceptors (Lipinski definition) is 3. The molecule has 0 aromatic carbocycles. The molecule has 0 radical (unpaired) electrons. The summed E-state index contributed by atoms with van der Waals surface area (Å²) in [5, 5.41) is 6.55. The maximum absolute atomic E-state index is 12.1. The number of allylic oxidation sites excluding steroid dienone is 3. The van der Waals surface area contributed by atoms with Crippen molar-refractivity contribution in [2.24, 2.45) is 10.8 Å². The zero-order valence-corrected chi connectivity index (χ0v) is 18.2. The molecule has 0 spiro atoms. The van der Waals surface area contributed by atoms with Crippen molar-refractivity contribution in [1.82, 2.24) is 10.6 Å². The molecule has 0 saturated heterocycles. The van der Waals surface area contributed by atoms with E-state index in [1.54, 1.807) is 0 Å². The molecule has 0 aromatic rings. The fourth-order valence-corrected chi connectivity index (χ4v) is 4.26. The second-order valence-electron chi connectivity index (χ2n) is 9.34. The number of alkyl carbamates (subject to hydrolysis) is 1. The quantitative estimate of drug-likeness (QED) is 0.378. The Hall–Kier alpha value is -1.71. The molecule has 0 aromatic heterocycles. The van der Waals surface area contributed by atoms with E-state index in [1.165, 1.54) is 0 Å². The van der Waals surface area contributed by atoms with Gasteiger partial charge in [0.1, 0.15) is 0 Å². The highest BCUT2D eigenvalue weighted by molar-refractivity contribution is 5.67. The molecule has 27 heavy (non-hydrogen) atoms. The Morgan fingerprint density at radius 1 is 1.19 bits per heavy atom. The van der Waals surface area contributed by atoms with Crippen LogP contribution in [0.5, 0.6) is 0 Å². The van der Waals surface area contributed by atoms with Crippen molar-refractivity contribution in [1.29, 1.82) is 0 Å². The largest absolute Gasteiger partial charge is 0.450 e. The van der Waals surface area contributed by atoms with Crippen LogP contribution in [0, 0.1) is 10.8 Å². The molecule has 2 unspecified atom stereocenters. The lowest BCUT2D eigenvalue weighted by atomic mass is 9.62. The Morgan fingerprint density at radius 2 is 1.85 bits per heavy atom. The summed E-state index contributed by atoms with van der Waals surface area (Å²) in [4.78, 5) is 12.1. The molecule has 2 atom stereocenters. The maximum atomic E-state index is 12.1. The number of hydrogen-bond donors (Lipinski definition) is 2. The van der Waals surface area contributed by atoms with E-state index in [4.69, 9.17) is 4.74 Å². The van der Waals surface area contributed by atoms with E-state index < -0.39 is 0 Å². The Morgan fingerprint density at radius 3 is 2.44 bits per heavy atom. The van der Waals surface area contributed by atoms with Crippen LogP contribution in [0.3, 0.4) is 0 Å². The van der Waals surface area contributed by atoms with E-state index in [0.29, 0.717) is 19.2 Å². The first-order chi connectivity index (χ1) is 12.5. The molecule has 154 valence electrons. The Bertz CT molecular complexity index is 565. The third-order valence-electron chi connectivity index (χ3n) is 5.40. The van der Waals surface area contributed by atoms with Gasteiger partial charge in [-0.1, -0.05) is 58.6 Å². The summed E-state index contributed by atoms with van der Waals surface area (Å²) < 4.78 is 5.32. The van der Waals surface area contributed by atoms with Gasteiger partial charge in [-0.3, -0.25) is 0 Å². The Kier molecular flexibility index (Phi) is 8.64. The highest BCUT2D eigenvalue weighted by atomic mass is 16.5. The molecule has 1 aliphatic rings. The van der Waals surface area contributed by atoms with Crippen LogP contribution in [0.2, 0.25) is 0 Å². The number of carbonyl (C=O) groups is 1. The third-order valence-corrected chi connectivity index (χ3v) is 5.40. The monoisotopic (exact) mass is 376 g/mol. The van der Waals surface area contributed by atoms with E-state index >= 15 is 0 Å². The van der Waals surface area contributed by atoms with Crippen LogP contribution in [-0.2, 0) is 4.74 Å². The lowest BCUT2D eigenvalue weighted by Crippen LogP contribution is -2.49. The molecule has 0 bridgehead atoms. The van der Waals surface area contributed by atoms with E-state index in [2.05, 4.69) is 58.1 Å². The molecule has 4 heteroatoms. The van der Waals surface area contributed by atoms with Crippen molar-refractivity contribution in [3.63, 3.8) is 0 Å². The number of carbonyl (C=O) groups excluding carboxylic acids is 1. The Balaban J connectivity index is 2.45. The molecule has 1 rings (SSSR count). The van der Waals surface area contributed by atoms with Gasteiger partial charge in [-0.15, -0.1) is 0 Å². The first-order valence-corrected chi connectivity index (χ1v) is 10.1. The maximum Gasteiger partial charge on any atom is 0.407 e. The molecule has 0 heterocycles. The molecule has 0 aliphatic heterocycles. The predicted molar refractivity (Wildman–Crippen MR) is 115 cm³/mol. The van der Waals surface area contributed by atoms with Crippen molar-refractivity contribution in [3.8, 4) is 0 Å². The zero-order chi connectivity index (χ0) is 20.7. The van der Waals surface area contributed by atoms with Crippen LogP contribution >= 0.6 is 0 Å². The van der Waals surface area contributed by atoms with Gasteiger partial charge in [0, 0.05) is 18.3 Å². The minimum atomic E-state index is -0.331. The predicted octanol–water partition coefficient (Wildman–Crippen LogP) is 5.72. The van der Waals surface area contributed by atoms with Gasteiger partial charge < -0.3 is 15.4 Å². The summed E-state index contributed by atoms with van der Waals surface area (Å²) in [7, 11) is 0. The fraction of sp³-hybridized carbons (Fsp3) is 0.696. The topological polar surface area (TPSA) is 50.4 Å². The van der Waals surface area contributed by atoms with Gasteiger partial charge in [-0.2, -0.15) is 0 Å². The van der Waals surface area contributed by atoms with E-state index in [9.17, 15) is 4.79 Å². The van der Waals surface area contributed by atoms with Crippen LogP contribution in [-0.4, -0.2) is 25.3 Å². The van der Waals surface area contributed by atoms with E-state index in [-0.39, 0.29) is 16.9 Å². The average molecular weight is 377 g/mol. The molecule has 2 N–H and O–H groups in total. The second-order valence-corrected chi connectivity index (χ2v) is 9.34. The normalized spacial score (nSPS) is 24.0. The lowest BCUT2D eigenvalue weighted by molar-refractivity contribution is 0.0695. The summed E-state index contributed by atoms with van der Waals surface area (Å²) in [5.41, 5.74) is 3.36. The van der Waals surface area contributed by atoms with Crippen LogP contribution in [0.1, 0.15) is 73.1 Å². The highest BCUT2D eigenvalue weighted by Gasteiger charge is 2.41. The second kappa shape index (κ2) is 10.0. The molecular formula is C23H40N2O2. The summed E-state index contributed by atoms with van der Waals surface area (Å²) in [6.07, 6.45) is 5.42. The van der Waals surface area contributed by atoms with E-state index in [0.717, 1.165) is 55.4 Å².